The molecule has 1 aliphatic rings. The van der Waals surface area contributed by atoms with Crippen molar-refractivity contribution in [3.8, 4) is 23.3 Å². The Kier molecular flexibility index (Phi) is 7.54. The van der Waals surface area contributed by atoms with E-state index in [2.05, 4.69) is 157 Å². The van der Waals surface area contributed by atoms with Crippen molar-refractivity contribution in [2.75, 3.05) is 9.80 Å². The van der Waals surface area contributed by atoms with Gasteiger partial charge in [0, 0.05) is 39.5 Å². The molecule has 0 N–H and O–H groups in total. The summed E-state index contributed by atoms with van der Waals surface area (Å²) in [6, 6.07) is 63.8. The molecule has 0 unspecified atom stereocenters. The smallest absolute Gasteiger partial charge is 0.0991 e. The number of fused-ring (bicyclic) bond motifs is 5. The number of anilines is 6. The van der Waals surface area contributed by atoms with Crippen LogP contribution in [0.4, 0.5) is 34.1 Å². The molecule has 0 aromatic heterocycles. The lowest BCUT2D eigenvalue weighted by Crippen LogP contribution is -2.17. The van der Waals surface area contributed by atoms with Gasteiger partial charge in [0.15, 0.2) is 0 Å². The fraction of sp³-hybridized carbons (Fsp3) is 0.0612. The van der Waals surface area contributed by atoms with Crippen molar-refractivity contribution in [3.05, 3.63) is 192 Å². The Hall–Kier alpha value is -7.14. The summed E-state index contributed by atoms with van der Waals surface area (Å²) >= 11 is 0. The van der Waals surface area contributed by atoms with Crippen molar-refractivity contribution in [3.63, 3.8) is 0 Å². The van der Waals surface area contributed by atoms with Gasteiger partial charge in [0.25, 0.3) is 0 Å². The highest BCUT2D eigenvalue weighted by Gasteiger charge is 2.37. The third-order valence-corrected chi connectivity index (χ3v) is 10.7. The van der Waals surface area contributed by atoms with Gasteiger partial charge in [0.05, 0.1) is 23.3 Å². The standard InChI is InChI=1S/C49H34N4/c1-49(2)47-29-43(52(39-17-11-33(31-50)12-18-39)41-21-15-35-7-3-5-9-37(35)27-41)23-25-45(47)46-26-24-44(30-48(46)49)53(40-19-13-34(32-51)14-20-40)42-22-16-36-8-4-6-10-38(36)28-42/h3-30H,1-2H3. The van der Waals surface area contributed by atoms with Crippen LogP contribution in [0.15, 0.2) is 170 Å². The lowest BCUT2D eigenvalue weighted by atomic mass is 9.82. The lowest BCUT2D eigenvalue weighted by Gasteiger charge is -2.29. The normalized spacial score (nSPS) is 12.5. The molecular weight excluding hydrogens is 645 g/mol. The van der Waals surface area contributed by atoms with Crippen molar-refractivity contribution in [2.24, 2.45) is 0 Å². The van der Waals surface area contributed by atoms with E-state index >= 15 is 0 Å². The van der Waals surface area contributed by atoms with E-state index in [0.717, 1.165) is 34.1 Å². The van der Waals surface area contributed by atoms with E-state index in [1.165, 1.54) is 43.8 Å². The van der Waals surface area contributed by atoms with Gasteiger partial charge in [-0.15, -0.1) is 0 Å². The molecule has 8 aromatic rings. The van der Waals surface area contributed by atoms with E-state index in [-0.39, 0.29) is 5.41 Å². The number of rotatable bonds is 6. The van der Waals surface area contributed by atoms with Gasteiger partial charge in [-0.1, -0.05) is 86.6 Å². The topological polar surface area (TPSA) is 54.1 Å². The van der Waals surface area contributed by atoms with E-state index in [1.54, 1.807) is 0 Å². The van der Waals surface area contributed by atoms with Gasteiger partial charge < -0.3 is 9.80 Å². The molecule has 4 nitrogen and oxygen atoms in total. The van der Waals surface area contributed by atoms with E-state index < -0.39 is 0 Å². The molecule has 0 saturated heterocycles. The molecular formula is C49H34N4. The first-order valence-electron chi connectivity index (χ1n) is 17.8. The van der Waals surface area contributed by atoms with E-state index in [1.807, 2.05) is 48.5 Å². The quantitative estimate of drug-likeness (QED) is 0.176. The van der Waals surface area contributed by atoms with Crippen LogP contribution in [-0.4, -0.2) is 0 Å². The second kappa shape index (κ2) is 12.6. The number of nitrogens with zero attached hydrogens (tertiary/aromatic N) is 4. The van der Waals surface area contributed by atoms with Crippen molar-refractivity contribution < 1.29 is 0 Å². The second-order valence-corrected chi connectivity index (χ2v) is 14.1. The molecule has 8 aromatic carbocycles. The lowest BCUT2D eigenvalue weighted by molar-refractivity contribution is 0.660. The van der Waals surface area contributed by atoms with Gasteiger partial charge in [-0.05, 0) is 141 Å². The van der Waals surface area contributed by atoms with Gasteiger partial charge >= 0.3 is 0 Å². The monoisotopic (exact) mass is 678 g/mol. The zero-order chi connectivity index (χ0) is 36.1. The van der Waals surface area contributed by atoms with Crippen molar-refractivity contribution in [2.45, 2.75) is 19.3 Å². The maximum atomic E-state index is 9.54. The summed E-state index contributed by atoms with van der Waals surface area (Å²) in [4.78, 5) is 4.56. The minimum absolute atomic E-state index is 0.296. The number of hydrogen-bond donors (Lipinski definition) is 0. The highest BCUT2D eigenvalue weighted by atomic mass is 15.1. The Morgan fingerprint density at radius 1 is 0.377 bits per heavy atom. The summed E-state index contributed by atoms with van der Waals surface area (Å²) < 4.78 is 0. The van der Waals surface area contributed by atoms with Gasteiger partial charge in [-0.2, -0.15) is 10.5 Å². The van der Waals surface area contributed by atoms with E-state index in [9.17, 15) is 10.5 Å². The third-order valence-electron chi connectivity index (χ3n) is 10.7. The van der Waals surface area contributed by atoms with Crippen molar-refractivity contribution in [1.29, 1.82) is 10.5 Å². The van der Waals surface area contributed by atoms with Gasteiger partial charge in [0.1, 0.15) is 0 Å². The fourth-order valence-electron chi connectivity index (χ4n) is 7.89. The summed E-state index contributed by atoms with van der Waals surface area (Å²) in [6.07, 6.45) is 0. The Bertz CT molecular complexity index is 2590. The summed E-state index contributed by atoms with van der Waals surface area (Å²) in [7, 11) is 0. The molecule has 0 saturated carbocycles. The molecule has 0 amide bonds. The number of hydrogen-bond acceptors (Lipinski definition) is 4. The first-order chi connectivity index (χ1) is 25.9. The van der Waals surface area contributed by atoms with E-state index in [4.69, 9.17) is 0 Å². The van der Waals surface area contributed by atoms with Crippen LogP contribution < -0.4 is 9.80 Å². The molecule has 0 fully saturated rings. The van der Waals surface area contributed by atoms with Crippen LogP contribution in [0.2, 0.25) is 0 Å². The third kappa shape index (κ3) is 5.46. The minimum atomic E-state index is -0.296. The first kappa shape index (κ1) is 31.8. The highest BCUT2D eigenvalue weighted by molar-refractivity contribution is 5.93. The molecule has 9 rings (SSSR count). The van der Waals surface area contributed by atoms with Gasteiger partial charge in [-0.3, -0.25) is 0 Å². The summed E-state index contributed by atoms with van der Waals surface area (Å²) in [5.74, 6) is 0. The maximum Gasteiger partial charge on any atom is 0.0991 e. The molecule has 4 heteroatoms. The maximum absolute atomic E-state index is 9.54. The van der Waals surface area contributed by atoms with Crippen LogP contribution in [0.25, 0.3) is 32.7 Å². The van der Waals surface area contributed by atoms with Gasteiger partial charge in [-0.25, -0.2) is 0 Å². The van der Waals surface area contributed by atoms with Crippen LogP contribution in [0.1, 0.15) is 36.1 Å². The van der Waals surface area contributed by atoms with Crippen LogP contribution in [0.3, 0.4) is 0 Å². The molecule has 0 bridgehead atoms. The Labute approximate surface area is 309 Å². The van der Waals surface area contributed by atoms with Crippen LogP contribution in [0.5, 0.6) is 0 Å². The predicted octanol–water partition coefficient (Wildman–Crippen LogP) is 13.0. The molecule has 250 valence electrons. The fourth-order valence-corrected chi connectivity index (χ4v) is 7.89. The largest absolute Gasteiger partial charge is 0.310 e. The molecule has 0 atom stereocenters. The molecule has 0 heterocycles. The minimum Gasteiger partial charge on any atom is -0.310 e. The number of nitriles is 2. The van der Waals surface area contributed by atoms with E-state index in [0.29, 0.717) is 11.1 Å². The molecule has 1 aliphatic carbocycles. The van der Waals surface area contributed by atoms with Crippen LogP contribution >= 0.6 is 0 Å². The van der Waals surface area contributed by atoms with Crippen LogP contribution in [-0.2, 0) is 5.41 Å². The molecule has 0 aliphatic heterocycles. The molecule has 0 radical (unpaired) electrons. The Balaban J connectivity index is 1.16. The second-order valence-electron chi connectivity index (χ2n) is 14.1. The van der Waals surface area contributed by atoms with Crippen molar-refractivity contribution >= 4 is 55.7 Å². The Morgan fingerprint density at radius 3 is 1.11 bits per heavy atom. The van der Waals surface area contributed by atoms with Gasteiger partial charge in [0.2, 0.25) is 0 Å². The van der Waals surface area contributed by atoms with Crippen LogP contribution in [0, 0.1) is 22.7 Å². The summed E-state index contributed by atoms with van der Waals surface area (Å²) in [6.45, 7) is 4.63. The summed E-state index contributed by atoms with van der Waals surface area (Å²) in [5, 5.41) is 23.8. The summed E-state index contributed by atoms with van der Waals surface area (Å²) in [5.41, 5.74) is 12.1. The average Bonchev–Trinajstić information content (AvgIpc) is 3.43. The number of benzene rings is 8. The highest BCUT2D eigenvalue weighted by Crippen LogP contribution is 2.52. The first-order valence-corrected chi connectivity index (χ1v) is 17.8. The zero-order valence-corrected chi connectivity index (χ0v) is 29.5. The molecule has 53 heavy (non-hydrogen) atoms. The van der Waals surface area contributed by atoms with Crippen molar-refractivity contribution in [1.82, 2.24) is 0 Å². The Morgan fingerprint density at radius 2 is 0.717 bits per heavy atom. The average molecular weight is 679 g/mol. The molecule has 0 spiro atoms. The zero-order valence-electron chi connectivity index (χ0n) is 29.5. The predicted molar refractivity (Wildman–Crippen MR) is 218 cm³/mol. The SMILES string of the molecule is CC1(C)c2cc(N(c3ccc(C#N)cc3)c3ccc4ccccc4c3)ccc2-c2ccc(N(c3ccc(C#N)cc3)c3ccc4ccccc4c3)cc21.